The molecule has 2 aromatic rings. The third-order valence-corrected chi connectivity index (χ3v) is 3.61. The van der Waals surface area contributed by atoms with E-state index in [0.717, 1.165) is 11.3 Å². The van der Waals surface area contributed by atoms with Crippen LogP contribution in [0.1, 0.15) is 5.56 Å². The maximum atomic E-state index is 13.6. The molecule has 0 aliphatic carbocycles. The minimum Gasteiger partial charge on any atom is -0.373 e. The minimum atomic E-state index is -0.540. The highest BCUT2D eigenvalue weighted by Crippen LogP contribution is 2.28. The standard InChI is InChI=1S/C15H12ClFN2O/c16-10-5-3-6-11(17)14(10)19-15(20)13-8-9-4-1-2-7-12(9)18-13/h1-7,13,18H,8H2,(H,19,20). The second kappa shape index (κ2) is 5.13. The second-order valence-electron chi connectivity index (χ2n) is 4.64. The first kappa shape index (κ1) is 12.9. The fourth-order valence-electron chi connectivity index (χ4n) is 2.28. The van der Waals surface area contributed by atoms with Gasteiger partial charge in [-0.05, 0) is 23.8 Å². The molecule has 0 saturated carbocycles. The van der Waals surface area contributed by atoms with Crippen LogP contribution in [0, 0.1) is 5.82 Å². The zero-order valence-electron chi connectivity index (χ0n) is 10.5. The van der Waals surface area contributed by atoms with Crippen molar-refractivity contribution >= 4 is 28.9 Å². The van der Waals surface area contributed by atoms with Crippen molar-refractivity contribution in [3.8, 4) is 0 Å². The Kier molecular flexibility index (Phi) is 3.32. The average molecular weight is 291 g/mol. The predicted octanol–water partition coefficient (Wildman–Crippen LogP) is 3.45. The topological polar surface area (TPSA) is 41.1 Å². The number of amides is 1. The SMILES string of the molecule is O=C(Nc1c(F)cccc1Cl)C1Cc2ccccc2N1. The Morgan fingerprint density at radius 3 is 2.80 bits per heavy atom. The zero-order chi connectivity index (χ0) is 14.1. The lowest BCUT2D eigenvalue weighted by molar-refractivity contribution is -0.116. The van der Waals surface area contributed by atoms with Crippen molar-refractivity contribution < 1.29 is 9.18 Å². The zero-order valence-corrected chi connectivity index (χ0v) is 11.2. The number of anilines is 2. The summed E-state index contributed by atoms with van der Waals surface area (Å²) in [6.45, 7) is 0. The molecule has 1 aliphatic heterocycles. The molecule has 0 bridgehead atoms. The van der Waals surface area contributed by atoms with Crippen molar-refractivity contribution in [1.29, 1.82) is 0 Å². The summed E-state index contributed by atoms with van der Waals surface area (Å²) in [4.78, 5) is 12.2. The number of para-hydroxylation sites is 2. The summed E-state index contributed by atoms with van der Waals surface area (Å²) in [5, 5.41) is 5.85. The molecule has 3 nitrogen and oxygen atoms in total. The summed E-state index contributed by atoms with van der Waals surface area (Å²) in [5.41, 5.74) is 2.04. The van der Waals surface area contributed by atoms with Gasteiger partial charge in [0, 0.05) is 12.1 Å². The van der Waals surface area contributed by atoms with Gasteiger partial charge in [-0.25, -0.2) is 4.39 Å². The summed E-state index contributed by atoms with van der Waals surface area (Å²) in [6.07, 6.45) is 0.577. The van der Waals surface area contributed by atoms with Crippen molar-refractivity contribution in [2.45, 2.75) is 12.5 Å². The Hall–Kier alpha value is -2.07. The Morgan fingerprint density at radius 2 is 2.05 bits per heavy atom. The van der Waals surface area contributed by atoms with Crippen LogP contribution in [-0.2, 0) is 11.2 Å². The first-order valence-electron chi connectivity index (χ1n) is 6.24. The van der Waals surface area contributed by atoms with Crippen LogP contribution in [0.2, 0.25) is 5.02 Å². The first-order chi connectivity index (χ1) is 9.65. The normalized spacial score (nSPS) is 16.4. The molecule has 0 aromatic heterocycles. The molecule has 0 fully saturated rings. The summed E-state index contributed by atoms with van der Waals surface area (Å²) in [7, 11) is 0. The molecule has 3 rings (SSSR count). The van der Waals surface area contributed by atoms with Crippen LogP contribution < -0.4 is 10.6 Å². The minimum absolute atomic E-state index is 0.0249. The summed E-state index contributed by atoms with van der Waals surface area (Å²) >= 11 is 5.89. The van der Waals surface area contributed by atoms with Crippen LogP contribution in [0.4, 0.5) is 15.8 Å². The number of benzene rings is 2. The number of halogens is 2. The molecule has 2 aromatic carbocycles. The van der Waals surface area contributed by atoms with Crippen LogP contribution in [0.15, 0.2) is 42.5 Å². The molecule has 0 radical (unpaired) electrons. The van der Waals surface area contributed by atoms with E-state index < -0.39 is 11.9 Å². The van der Waals surface area contributed by atoms with Crippen LogP contribution in [-0.4, -0.2) is 11.9 Å². The maximum absolute atomic E-state index is 13.6. The van der Waals surface area contributed by atoms with E-state index in [9.17, 15) is 9.18 Å². The highest BCUT2D eigenvalue weighted by atomic mass is 35.5. The largest absolute Gasteiger partial charge is 0.373 e. The number of carbonyl (C=O) groups excluding carboxylic acids is 1. The van der Waals surface area contributed by atoms with Crippen molar-refractivity contribution in [2.24, 2.45) is 0 Å². The lowest BCUT2D eigenvalue weighted by Gasteiger charge is -2.13. The second-order valence-corrected chi connectivity index (χ2v) is 5.05. The third kappa shape index (κ3) is 2.34. The molecule has 1 atom stereocenters. The Morgan fingerprint density at radius 1 is 1.25 bits per heavy atom. The molecule has 0 spiro atoms. The van der Waals surface area contributed by atoms with Gasteiger partial charge < -0.3 is 10.6 Å². The fraction of sp³-hybridized carbons (Fsp3) is 0.133. The summed E-state index contributed by atoms with van der Waals surface area (Å²) < 4.78 is 13.6. The number of fused-ring (bicyclic) bond motifs is 1. The van der Waals surface area contributed by atoms with E-state index in [1.807, 2.05) is 24.3 Å². The van der Waals surface area contributed by atoms with Gasteiger partial charge in [0.1, 0.15) is 11.9 Å². The molecule has 2 N–H and O–H groups in total. The highest BCUT2D eigenvalue weighted by Gasteiger charge is 2.27. The van der Waals surface area contributed by atoms with Gasteiger partial charge in [0.25, 0.3) is 0 Å². The maximum Gasteiger partial charge on any atom is 0.247 e. The molecule has 1 amide bonds. The number of nitrogens with one attached hydrogen (secondary N) is 2. The van der Waals surface area contributed by atoms with E-state index >= 15 is 0 Å². The van der Waals surface area contributed by atoms with Gasteiger partial charge in [-0.2, -0.15) is 0 Å². The van der Waals surface area contributed by atoms with E-state index in [0.29, 0.717) is 6.42 Å². The predicted molar refractivity (Wildman–Crippen MR) is 77.6 cm³/mol. The number of hydrogen-bond donors (Lipinski definition) is 2. The first-order valence-corrected chi connectivity index (χ1v) is 6.62. The van der Waals surface area contributed by atoms with Crippen molar-refractivity contribution in [3.63, 3.8) is 0 Å². The van der Waals surface area contributed by atoms with E-state index in [2.05, 4.69) is 10.6 Å². The average Bonchev–Trinajstić information content (AvgIpc) is 2.87. The van der Waals surface area contributed by atoms with Crippen molar-refractivity contribution in [3.05, 3.63) is 58.9 Å². The Labute approximate surface area is 120 Å². The van der Waals surface area contributed by atoms with E-state index in [4.69, 9.17) is 11.6 Å². The number of carbonyl (C=O) groups is 1. The molecular weight excluding hydrogens is 279 g/mol. The summed E-state index contributed by atoms with van der Waals surface area (Å²) in [5.74, 6) is -0.838. The molecule has 5 heteroatoms. The van der Waals surface area contributed by atoms with Crippen LogP contribution >= 0.6 is 11.6 Å². The molecule has 1 aliphatic rings. The molecule has 1 unspecified atom stereocenters. The van der Waals surface area contributed by atoms with E-state index in [1.165, 1.54) is 18.2 Å². The third-order valence-electron chi connectivity index (χ3n) is 3.30. The fourth-order valence-corrected chi connectivity index (χ4v) is 2.49. The van der Waals surface area contributed by atoms with Gasteiger partial charge in [-0.15, -0.1) is 0 Å². The molecule has 1 heterocycles. The van der Waals surface area contributed by atoms with Gasteiger partial charge in [0.2, 0.25) is 5.91 Å². The molecule has 0 saturated heterocycles. The van der Waals surface area contributed by atoms with Gasteiger partial charge >= 0.3 is 0 Å². The van der Waals surface area contributed by atoms with Crippen LogP contribution in [0.3, 0.4) is 0 Å². The smallest absolute Gasteiger partial charge is 0.247 e. The quantitative estimate of drug-likeness (QED) is 0.889. The van der Waals surface area contributed by atoms with E-state index in [-0.39, 0.29) is 16.6 Å². The van der Waals surface area contributed by atoms with Gasteiger partial charge in [0.15, 0.2) is 0 Å². The van der Waals surface area contributed by atoms with Gasteiger partial charge in [-0.3, -0.25) is 4.79 Å². The van der Waals surface area contributed by atoms with Crippen LogP contribution in [0.25, 0.3) is 0 Å². The monoisotopic (exact) mass is 290 g/mol. The Bertz CT molecular complexity index is 629. The van der Waals surface area contributed by atoms with Crippen molar-refractivity contribution in [1.82, 2.24) is 0 Å². The van der Waals surface area contributed by atoms with Gasteiger partial charge in [-0.1, -0.05) is 35.9 Å². The lowest BCUT2D eigenvalue weighted by atomic mass is 10.1. The Balaban J connectivity index is 1.76. The van der Waals surface area contributed by atoms with E-state index in [1.54, 1.807) is 0 Å². The van der Waals surface area contributed by atoms with Crippen molar-refractivity contribution in [2.75, 3.05) is 10.6 Å². The molecule has 20 heavy (non-hydrogen) atoms. The van der Waals surface area contributed by atoms with Crippen LogP contribution in [0.5, 0.6) is 0 Å². The molecular formula is C15H12ClFN2O. The lowest BCUT2D eigenvalue weighted by Crippen LogP contribution is -2.33. The number of hydrogen-bond acceptors (Lipinski definition) is 2. The highest BCUT2D eigenvalue weighted by molar-refractivity contribution is 6.33. The summed E-state index contributed by atoms with van der Waals surface area (Å²) in [6, 6.07) is 11.6. The number of rotatable bonds is 2. The van der Waals surface area contributed by atoms with Gasteiger partial charge in [0.05, 0.1) is 10.7 Å². The molecule has 102 valence electrons.